The third-order valence-electron chi connectivity index (χ3n) is 4.51. The van der Waals surface area contributed by atoms with Gasteiger partial charge in [-0.3, -0.25) is 4.79 Å². The van der Waals surface area contributed by atoms with E-state index in [1.165, 1.54) is 0 Å². The van der Waals surface area contributed by atoms with Gasteiger partial charge in [0.2, 0.25) is 0 Å². The minimum Gasteiger partial charge on any atom is -0.477 e. The lowest BCUT2D eigenvalue weighted by molar-refractivity contribution is -0.128. The number of hydrogen-bond acceptors (Lipinski definition) is 4. The van der Waals surface area contributed by atoms with Crippen LogP contribution in [0.5, 0.6) is 5.75 Å². The number of carbonyl (C=O) groups is 1. The van der Waals surface area contributed by atoms with Crippen LogP contribution in [0.4, 0.5) is 5.69 Å². The maximum atomic E-state index is 12.4. The fourth-order valence-corrected chi connectivity index (χ4v) is 3.30. The topological polar surface area (TPSA) is 76.4 Å². The minimum atomic E-state index is -0.499. The van der Waals surface area contributed by atoms with E-state index in [9.17, 15) is 4.79 Å². The molecule has 1 amide bonds. The summed E-state index contributed by atoms with van der Waals surface area (Å²) in [6, 6.07) is 5.59. The van der Waals surface area contributed by atoms with Gasteiger partial charge in [-0.2, -0.15) is 0 Å². The van der Waals surface area contributed by atoms with E-state index in [4.69, 9.17) is 22.1 Å². The van der Waals surface area contributed by atoms with Crippen molar-refractivity contribution in [3.63, 3.8) is 0 Å². The van der Waals surface area contributed by atoms with Crippen molar-refractivity contribution in [1.82, 2.24) is 5.32 Å². The summed E-state index contributed by atoms with van der Waals surface area (Å²) in [6.45, 7) is 1.20. The molecule has 1 aliphatic carbocycles. The molecule has 1 aliphatic heterocycles. The lowest BCUT2D eigenvalue weighted by Crippen LogP contribution is -2.49. The first-order valence-corrected chi connectivity index (χ1v) is 8.24. The second kappa shape index (κ2) is 6.75. The highest BCUT2D eigenvalue weighted by molar-refractivity contribution is 6.30. The first kappa shape index (κ1) is 15.4. The smallest absolute Gasteiger partial charge is 0.263 e. The molecular weight excluding hydrogens is 302 g/mol. The normalized spacial score (nSPS) is 27.3. The van der Waals surface area contributed by atoms with Gasteiger partial charge < -0.3 is 21.1 Å². The Morgan fingerprint density at radius 3 is 2.86 bits per heavy atom. The predicted molar refractivity (Wildman–Crippen MR) is 87.3 cm³/mol. The van der Waals surface area contributed by atoms with Crippen molar-refractivity contribution in [2.24, 2.45) is 11.7 Å². The zero-order valence-electron chi connectivity index (χ0n) is 12.5. The molecule has 0 spiro atoms. The van der Waals surface area contributed by atoms with Crippen LogP contribution in [0.25, 0.3) is 0 Å². The Morgan fingerprint density at radius 2 is 2.14 bits per heavy atom. The lowest BCUT2D eigenvalue weighted by Gasteiger charge is -2.31. The van der Waals surface area contributed by atoms with Gasteiger partial charge in [-0.1, -0.05) is 11.6 Å². The van der Waals surface area contributed by atoms with Crippen molar-refractivity contribution in [2.75, 3.05) is 18.4 Å². The van der Waals surface area contributed by atoms with Crippen LogP contribution in [-0.4, -0.2) is 31.1 Å². The number of halogens is 1. The van der Waals surface area contributed by atoms with Crippen molar-refractivity contribution < 1.29 is 9.53 Å². The highest BCUT2D eigenvalue weighted by Gasteiger charge is 2.29. The number of hydrogen-bond donors (Lipinski definition) is 3. The molecule has 1 heterocycles. The number of rotatable bonds is 3. The van der Waals surface area contributed by atoms with E-state index in [-0.39, 0.29) is 11.9 Å². The Morgan fingerprint density at radius 1 is 1.36 bits per heavy atom. The van der Waals surface area contributed by atoms with Gasteiger partial charge in [0, 0.05) is 11.1 Å². The van der Waals surface area contributed by atoms with Gasteiger partial charge in [-0.05, 0) is 56.3 Å². The van der Waals surface area contributed by atoms with Gasteiger partial charge in [0.05, 0.1) is 12.2 Å². The van der Waals surface area contributed by atoms with Crippen molar-refractivity contribution in [3.8, 4) is 5.75 Å². The Kier molecular flexibility index (Phi) is 4.74. The molecule has 6 heteroatoms. The minimum absolute atomic E-state index is 0.0516. The van der Waals surface area contributed by atoms with E-state index < -0.39 is 6.10 Å². The van der Waals surface area contributed by atoms with E-state index in [0.29, 0.717) is 23.2 Å². The molecule has 2 aliphatic rings. The van der Waals surface area contributed by atoms with E-state index in [1.807, 2.05) is 0 Å². The number of ether oxygens (including phenoxy) is 1. The van der Waals surface area contributed by atoms with E-state index in [2.05, 4.69) is 10.6 Å². The predicted octanol–water partition coefficient (Wildman–Crippen LogP) is 2.15. The molecule has 1 aromatic rings. The molecule has 1 saturated carbocycles. The second-order valence-electron chi connectivity index (χ2n) is 6.09. The number of nitrogens with two attached hydrogens (primary N) is 1. The molecular formula is C16H22ClN3O2. The van der Waals surface area contributed by atoms with Crippen molar-refractivity contribution >= 4 is 23.2 Å². The molecule has 0 bridgehead atoms. The summed E-state index contributed by atoms with van der Waals surface area (Å²) in [4.78, 5) is 12.4. The Labute approximate surface area is 135 Å². The first-order valence-electron chi connectivity index (χ1n) is 7.86. The fourth-order valence-electron chi connectivity index (χ4n) is 3.12. The van der Waals surface area contributed by atoms with Crippen molar-refractivity contribution in [1.29, 1.82) is 0 Å². The molecule has 3 rings (SSSR count). The summed E-state index contributed by atoms with van der Waals surface area (Å²) >= 11 is 5.94. The monoisotopic (exact) mass is 323 g/mol. The molecule has 22 heavy (non-hydrogen) atoms. The molecule has 0 radical (unpaired) electrons. The van der Waals surface area contributed by atoms with Gasteiger partial charge in [0.15, 0.2) is 6.10 Å². The van der Waals surface area contributed by atoms with E-state index in [0.717, 1.165) is 37.9 Å². The second-order valence-corrected chi connectivity index (χ2v) is 6.53. The van der Waals surface area contributed by atoms with Crippen LogP contribution < -0.4 is 21.1 Å². The third-order valence-corrected chi connectivity index (χ3v) is 4.74. The molecule has 4 N–H and O–H groups in total. The highest BCUT2D eigenvalue weighted by Crippen LogP contribution is 2.31. The molecule has 0 saturated heterocycles. The van der Waals surface area contributed by atoms with Gasteiger partial charge in [-0.15, -0.1) is 0 Å². The molecule has 5 nitrogen and oxygen atoms in total. The summed E-state index contributed by atoms with van der Waals surface area (Å²) < 4.78 is 5.78. The summed E-state index contributed by atoms with van der Waals surface area (Å²) in [5.74, 6) is 1.23. The number of carbonyl (C=O) groups excluding carboxylic acids is 1. The molecule has 120 valence electrons. The van der Waals surface area contributed by atoms with Crippen LogP contribution in [0.3, 0.4) is 0 Å². The quantitative estimate of drug-likeness (QED) is 0.796. The number of benzene rings is 1. The van der Waals surface area contributed by atoms with E-state index >= 15 is 0 Å². The van der Waals surface area contributed by atoms with Gasteiger partial charge in [0.1, 0.15) is 5.75 Å². The average molecular weight is 324 g/mol. The maximum absolute atomic E-state index is 12.4. The first-order chi connectivity index (χ1) is 10.7. The SMILES string of the molecule is NC[C@H]1CC[C@H](NC(=O)C2CNc3cc(Cl)ccc3O2)CC1. The van der Waals surface area contributed by atoms with Crippen LogP contribution >= 0.6 is 11.6 Å². The summed E-state index contributed by atoms with van der Waals surface area (Å²) in [6.07, 6.45) is 3.68. The Balaban J connectivity index is 1.54. The summed E-state index contributed by atoms with van der Waals surface area (Å²) in [5, 5.41) is 6.95. The molecule has 1 aromatic carbocycles. The summed E-state index contributed by atoms with van der Waals surface area (Å²) in [7, 11) is 0. The number of amides is 1. The summed E-state index contributed by atoms with van der Waals surface area (Å²) in [5.41, 5.74) is 6.53. The van der Waals surface area contributed by atoms with E-state index in [1.54, 1.807) is 18.2 Å². The van der Waals surface area contributed by atoms with Crippen LogP contribution in [-0.2, 0) is 4.79 Å². The zero-order valence-corrected chi connectivity index (χ0v) is 13.2. The maximum Gasteiger partial charge on any atom is 0.263 e. The molecule has 1 atom stereocenters. The third kappa shape index (κ3) is 3.47. The highest BCUT2D eigenvalue weighted by atomic mass is 35.5. The zero-order chi connectivity index (χ0) is 15.5. The lowest BCUT2D eigenvalue weighted by atomic mass is 9.86. The number of fused-ring (bicyclic) bond motifs is 1. The van der Waals surface area contributed by atoms with Crippen molar-refractivity contribution in [2.45, 2.75) is 37.8 Å². The van der Waals surface area contributed by atoms with Crippen LogP contribution in [0, 0.1) is 5.92 Å². The molecule has 1 fully saturated rings. The fraction of sp³-hybridized carbons (Fsp3) is 0.562. The number of nitrogens with one attached hydrogen (secondary N) is 2. The average Bonchev–Trinajstić information content (AvgIpc) is 2.55. The standard InChI is InChI=1S/C16H22ClN3O2/c17-11-3-6-14-13(7-11)19-9-15(22-14)16(21)20-12-4-1-10(8-18)2-5-12/h3,6-7,10,12,15,19H,1-2,4-5,8-9,18H2,(H,20,21)/t10-,12-,15?. The Hall–Kier alpha value is -1.46. The van der Waals surface area contributed by atoms with Gasteiger partial charge in [0.25, 0.3) is 5.91 Å². The van der Waals surface area contributed by atoms with Gasteiger partial charge >= 0.3 is 0 Å². The molecule has 0 aromatic heterocycles. The van der Waals surface area contributed by atoms with Crippen LogP contribution in [0.1, 0.15) is 25.7 Å². The number of anilines is 1. The van der Waals surface area contributed by atoms with Crippen LogP contribution in [0.2, 0.25) is 5.02 Å². The van der Waals surface area contributed by atoms with Crippen molar-refractivity contribution in [3.05, 3.63) is 23.2 Å². The largest absolute Gasteiger partial charge is 0.477 e. The van der Waals surface area contributed by atoms with Gasteiger partial charge in [-0.25, -0.2) is 0 Å². The molecule has 1 unspecified atom stereocenters. The van der Waals surface area contributed by atoms with Crippen LogP contribution in [0.15, 0.2) is 18.2 Å². The Bertz CT molecular complexity index is 544.